The van der Waals surface area contributed by atoms with Gasteiger partial charge in [-0.2, -0.15) is 0 Å². The Hall–Kier alpha value is -2.98. The van der Waals surface area contributed by atoms with Crippen molar-refractivity contribution in [3.05, 3.63) is 66.4 Å². The molecule has 2 aromatic carbocycles. The third-order valence-corrected chi connectivity index (χ3v) is 7.78. The maximum atomic E-state index is 6.36. The predicted octanol–water partition coefficient (Wildman–Crippen LogP) is 7.04. The molecular formula is C27H28N2OSi. The van der Waals surface area contributed by atoms with E-state index in [1.54, 1.807) is 0 Å². The Morgan fingerprint density at radius 2 is 1.61 bits per heavy atom. The smallest absolute Gasteiger partial charge is 0.227 e. The maximum absolute atomic E-state index is 6.36. The average molecular weight is 425 g/mol. The van der Waals surface area contributed by atoms with Gasteiger partial charge in [0.1, 0.15) is 13.8 Å². The van der Waals surface area contributed by atoms with E-state index < -0.39 is 8.07 Å². The monoisotopic (exact) mass is 424 g/mol. The van der Waals surface area contributed by atoms with Crippen LogP contribution in [0.15, 0.2) is 65.2 Å². The maximum Gasteiger partial charge on any atom is 0.227 e. The summed E-state index contributed by atoms with van der Waals surface area (Å²) in [5.74, 6) is 0. The molecule has 0 unspecified atom stereocenters. The molecule has 0 spiro atoms. The summed E-state index contributed by atoms with van der Waals surface area (Å²) in [5.41, 5.74) is 4.81. The van der Waals surface area contributed by atoms with Gasteiger partial charge in [-0.3, -0.25) is 4.98 Å². The molecule has 0 fully saturated rings. The lowest BCUT2D eigenvalue weighted by Crippen LogP contribution is -2.39. The van der Waals surface area contributed by atoms with E-state index in [4.69, 9.17) is 14.4 Å². The van der Waals surface area contributed by atoms with Gasteiger partial charge in [-0.1, -0.05) is 64.7 Å². The van der Waals surface area contributed by atoms with Crippen molar-refractivity contribution in [1.29, 1.82) is 0 Å². The second kappa shape index (κ2) is 6.76. The van der Waals surface area contributed by atoms with Crippen LogP contribution in [0.25, 0.3) is 44.1 Å². The molecular weight excluding hydrogens is 396 g/mol. The zero-order valence-electron chi connectivity index (χ0n) is 19.1. The van der Waals surface area contributed by atoms with E-state index in [0.717, 1.165) is 32.9 Å². The molecule has 31 heavy (non-hydrogen) atoms. The summed E-state index contributed by atoms with van der Waals surface area (Å²) in [6.45, 7) is 13.7. The minimum atomic E-state index is -1.52. The van der Waals surface area contributed by atoms with Crippen LogP contribution in [-0.2, 0) is 5.41 Å². The number of rotatable bonds is 2. The lowest BCUT2D eigenvalue weighted by atomic mass is 9.82. The summed E-state index contributed by atoms with van der Waals surface area (Å²) < 4.78 is 6.36. The summed E-state index contributed by atoms with van der Waals surface area (Å²) in [7, 11) is -1.52. The summed E-state index contributed by atoms with van der Waals surface area (Å²) in [6.07, 6.45) is 1.88. The van der Waals surface area contributed by atoms with E-state index in [0.29, 0.717) is 5.71 Å². The van der Waals surface area contributed by atoms with Crippen molar-refractivity contribution in [2.75, 3.05) is 0 Å². The predicted molar refractivity (Wildman–Crippen MR) is 134 cm³/mol. The molecule has 4 heteroatoms. The Morgan fingerprint density at radius 1 is 0.839 bits per heavy atom. The highest BCUT2D eigenvalue weighted by Gasteiger charge is 2.23. The number of furan rings is 1. The van der Waals surface area contributed by atoms with Crippen molar-refractivity contribution in [2.45, 2.75) is 45.8 Å². The minimum absolute atomic E-state index is 0.0190. The Balaban J connectivity index is 1.80. The highest BCUT2D eigenvalue weighted by atomic mass is 28.3. The molecule has 0 saturated carbocycles. The number of nitrogens with zero attached hydrogens (tertiary/aromatic N) is 2. The van der Waals surface area contributed by atoms with E-state index in [9.17, 15) is 0 Å². The van der Waals surface area contributed by atoms with Gasteiger partial charge in [0.15, 0.2) is 5.58 Å². The molecule has 0 atom stereocenters. The standard InChI is InChI=1S/C27H28N2OSi/c1-27(2,3)22-16-18(15-17-9-7-8-10-19(17)22)24-25-20(13-14-28-24)21-11-12-23(31(4,5)6)29-26(21)30-25/h7-16H,1-6H3. The van der Waals surface area contributed by atoms with Gasteiger partial charge in [-0.05, 0) is 52.1 Å². The fourth-order valence-corrected chi connectivity index (χ4v) is 5.29. The fraction of sp³-hybridized carbons (Fsp3) is 0.259. The van der Waals surface area contributed by atoms with Gasteiger partial charge in [0.2, 0.25) is 5.71 Å². The van der Waals surface area contributed by atoms with Gasteiger partial charge >= 0.3 is 0 Å². The van der Waals surface area contributed by atoms with Crippen molar-refractivity contribution in [2.24, 2.45) is 0 Å². The van der Waals surface area contributed by atoms with Crippen LogP contribution in [0, 0.1) is 0 Å². The van der Waals surface area contributed by atoms with Gasteiger partial charge in [0, 0.05) is 27.8 Å². The van der Waals surface area contributed by atoms with E-state index in [1.807, 2.05) is 12.3 Å². The van der Waals surface area contributed by atoms with Crippen molar-refractivity contribution in [1.82, 2.24) is 9.97 Å². The van der Waals surface area contributed by atoms with Crippen molar-refractivity contribution in [3.8, 4) is 11.3 Å². The molecule has 0 bridgehead atoms. The van der Waals surface area contributed by atoms with Gasteiger partial charge in [-0.25, -0.2) is 4.98 Å². The molecule has 3 aromatic heterocycles. The van der Waals surface area contributed by atoms with E-state index >= 15 is 0 Å². The number of aromatic nitrogens is 2. The lowest BCUT2D eigenvalue weighted by Gasteiger charge is -2.22. The second-order valence-electron chi connectivity index (χ2n) is 10.4. The molecule has 3 heterocycles. The number of fused-ring (bicyclic) bond motifs is 4. The average Bonchev–Trinajstić information content (AvgIpc) is 3.09. The number of benzene rings is 2. The van der Waals surface area contributed by atoms with Crippen LogP contribution in [0.1, 0.15) is 26.3 Å². The first-order chi connectivity index (χ1) is 14.6. The summed E-state index contributed by atoms with van der Waals surface area (Å²) >= 11 is 0. The van der Waals surface area contributed by atoms with Crippen LogP contribution < -0.4 is 5.32 Å². The van der Waals surface area contributed by atoms with Crippen molar-refractivity contribution >= 4 is 46.2 Å². The van der Waals surface area contributed by atoms with E-state index in [2.05, 4.69) is 88.9 Å². The molecule has 5 rings (SSSR count). The Kier molecular flexibility index (Phi) is 4.35. The quantitative estimate of drug-likeness (QED) is 0.285. The van der Waals surface area contributed by atoms with E-state index in [-0.39, 0.29) is 5.41 Å². The normalized spacial score (nSPS) is 12.8. The summed E-state index contributed by atoms with van der Waals surface area (Å²) in [6, 6.07) is 19.4. The Labute approximate surface area is 184 Å². The minimum Gasteiger partial charge on any atom is -0.435 e. The van der Waals surface area contributed by atoms with E-state index in [1.165, 1.54) is 16.3 Å². The van der Waals surface area contributed by atoms with Crippen LogP contribution in [-0.4, -0.2) is 18.0 Å². The number of hydrogen-bond acceptors (Lipinski definition) is 3. The molecule has 0 aliphatic rings. The third-order valence-electron chi connectivity index (χ3n) is 5.97. The molecule has 156 valence electrons. The molecule has 0 aliphatic carbocycles. The molecule has 0 N–H and O–H groups in total. The Morgan fingerprint density at radius 3 is 2.35 bits per heavy atom. The zero-order valence-corrected chi connectivity index (χ0v) is 20.1. The topological polar surface area (TPSA) is 38.9 Å². The van der Waals surface area contributed by atoms with Gasteiger partial charge in [-0.15, -0.1) is 0 Å². The van der Waals surface area contributed by atoms with Crippen LogP contribution in [0.4, 0.5) is 0 Å². The Bertz CT molecular complexity index is 1450. The molecule has 0 saturated heterocycles. The highest BCUT2D eigenvalue weighted by Crippen LogP contribution is 2.38. The van der Waals surface area contributed by atoms with Crippen LogP contribution in [0.5, 0.6) is 0 Å². The lowest BCUT2D eigenvalue weighted by molar-refractivity contribution is 0.596. The summed E-state index contributed by atoms with van der Waals surface area (Å²) in [5, 5.41) is 5.79. The highest BCUT2D eigenvalue weighted by molar-refractivity contribution is 6.88. The molecule has 0 amide bonds. The van der Waals surface area contributed by atoms with Crippen LogP contribution in [0.3, 0.4) is 0 Å². The van der Waals surface area contributed by atoms with Crippen LogP contribution >= 0.6 is 0 Å². The molecule has 5 aromatic rings. The molecule has 0 aliphatic heterocycles. The number of pyridine rings is 2. The first-order valence-electron chi connectivity index (χ1n) is 10.9. The molecule has 0 radical (unpaired) electrons. The SMILES string of the molecule is CC(C)(C)c1cc(-c2nccc3c2oc2nc([Si](C)(C)C)ccc23)cc2ccccc12. The first kappa shape index (κ1) is 19.9. The first-order valence-corrected chi connectivity index (χ1v) is 14.4. The van der Waals surface area contributed by atoms with Crippen LogP contribution in [0.2, 0.25) is 19.6 Å². The van der Waals surface area contributed by atoms with Gasteiger partial charge in [0.05, 0.1) is 0 Å². The zero-order chi connectivity index (χ0) is 22.0. The third kappa shape index (κ3) is 3.35. The van der Waals surface area contributed by atoms with Gasteiger partial charge < -0.3 is 4.42 Å². The molecule has 3 nitrogen and oxygen atoms in total. The van der Waals surface area contributed by atoms with Crippen molar-refractivity contribution < 1.29 is 4.42 Å². The fourth-order valence-electron chi connectivity index (χ4n) is 4.27. The van der Waals surface area contributed by atoms with Gasteiger partial charge in [0.25, 0.3) is 0 Å². The largest absolute Gasteiger partial charge is 0.435 e. The van der Waals surface area contributed by atoms with Crippen molar-refractivity contribution in [3.63, 3.8) is 0 Å². The summed E-state index contributed by atoms with van der Waals surface area (Å²) in [4.78, 5) is 9.65. The number of hydrogen-bond donors (Lipinski definition) is 0. The second-order valence-corrected chi connectivity index (χ2v) is 15.4.